The van der Waals surface area contributed by atoms with E-state index in [1.54, 1.807) is 0 Å². The van der Waals surface area contributed by atoms with Crippen molar-refractivity contribution in [1.82, 2.24) is 4.98 Å². The van der Waals surface area contributed by atoms with Gasteiger partial charge >= 0.3 is 0 Å². The van der Waals surface area contributed by atoms with E-state index in [9.17, 15) is 0 Å². The molecule has 2 heteroatoms. The van der Waals surface area contributed by atoms with Crippen LogP contribution in [0.4, 0.5) is 0 Å². The van der Waals surface area contributed by atoms with E-state index in [0.717, 1.165) is 37.3 Å². The monoisotopic (exact) mass is 163 g/mol. The van der Waals surface area contributed by atoms with Crippen molar-refractivity contribution in [3.8, 4) is 5.75 Å². The van der Waals surface area contributed by atoms with Crippen molar-refractivity contribution in [2.75, 3.05) is 6.61 Å². The lowest BCUT2D eigenvalue weighted by atomic mass is 10.1. The third kappa shape index (κ3) is 1.29. The number of aryl methyl sites for hydroxylation is 2. The van der Waals surface area contributed by atoms with Gasteiger partial charge in [-0.3, -0.25) is 4.98 Å². The lowest BCUT2D eigenvalue weighted by Crippen LogP contribution is -2.10. The van der Waals surface area contributed by atoms with E-state index < -0.39 is 0 Å². The van der Waals surface area contributed by atoms with Crippen LogP contribution in [0.25, 0.3) is 0 Å². The molecule has 2 nitrogen and oxygen atoms in total. The summed E-state index contributed by atoms with van der Waals surface area (Å²) in [5.41, 5.74) is 2.38. The summed E-state index contributed by atoms with van der Waals surface area (Å²) in [6.45, 7) is 2.98. The van der Waals surface area contributed by atoms with Crippen LogP contribution in [0.1, 0.15) is 24.6 Å². The molecule has 0 aliphatic carbocycles. The third-order valence-electron chi connectivity index (χ3n) is 2.21. The van der Waals surface area contributed by atoms with Gasteiger partial charge in [-0.05, 0) is 30.9 Å². The van der Waals surface area contributed by atoms with Gasteiger partial charge < -0.3 is 4.74 Å². The molecule has 64 valence electrons. The zero-order valence-electron chi connectivity index (χ0n) is 7.34. The Hall–Kier alpha value is -1.05. The first-order valence-corrected chi connectivity index (χ1v) is 4.50. The first kappa shape index (κ1) is 7.59. The molecule has 0 spiro atoms. The van der Waals surface area contributed by atoms with E-state index in [-0.39, 0.29) is 0 Å². The fourth-order valence-electron chi connectivity index (χ4n) is 1.44. The minimum atomic E-state index is 0.849. The topological polar surface area (TPSA) is 22.1 Å². The predicted octanol–water partition coefficient (Wildman–Crippen LogP) is 1.97. The quantitative estimate of drug-likeness (QED) is 0.631. The summed E-state index contributed by atoms with van der Waals surface area (Å²) in [6.07, 6.45) is 5.15. The molecule has 0 unspecified atom stereocenters. The number of ether oxygens (including phenoxy) is 1. The molecule has 0 N–H and O–H groups in total. The summed E-state index contributed by atoms with van der Waals surface area (Å²) in [5.74, 6) is 1.00. The first-order valence-electron chi connectivity index (χ1n) is 4.50. The van der Waals surface area contributed by atoms with Crippen LogP contribution in [0.15, 0.2) is 12.3 Å². The molecule has 0 bridgehead atoms. The predicted molar refractivity (Wildman–Crippen MR) is 47.4 cm³/mol. The van der Waals surface area contributed by atoms with Crippen molar-refractivity contribution in [3.05, 3.63) is 23.5 Å². The largest absolute Gasteiger partial charge is 0.492 e. The van der Waals surface area contributed by atoms with Crippen LogP contribution in [0.5, 0.6) is 5.75 Å². The van der Waals surface area contributed by atoms with Gasteiger partial charge in [0, 0.05) is 6.20 Å². The molecule has 0 fully saturated rings. The zero-order valence-corrected chi connectivity index (χ0v) is 7.34. The van der Waals surface area contributed by atoms with Gasteiger partial charge in [0.2, 0.25) is 0 Å². The Balaban J connectivity index is 2.36. The van der Waals surface area contributed by atoms with Crippen LogP contribution in [0.2, 0.25) is 0 Å². The number of hydrogen-bond donors (Lipinski definition) is 0. The molecule has 0 atom stereocenters. The average molecular weight is 163 g/mol. The Kier molecular flexibility index (Phi) is 1.98. The van der Waals surface area contributed by atoms with E-state index >= 15 is 0 Å². The normalized spacial score (nSPS) is 15.1. The van der Waals surface area contributed by atoms with Crippen molar-refractivity contribution < 1.29 is 4.74 Å². The van der Waals surface area contributed by atoms with Crippen molar-refractivity contribution >= 4 is 0 Å². The molecular formula is C10H13NO. The maximum atomic E-state index is 5.50. The number of hydrogen-bond acceptors (Lipinski definition) is 2. The summed E-state index contributed by atoms with van der Waals surface area (Å²) < 4.78 is 5.50. The van der Waals surface area contributed by atoms with Gasteiger partial charge in [-0.1, -0.05) is 6.92 Å². The molecule has 1 aromatic heterocycles. The van der Waals surface area contributed by atoms with E-state index in [1.807, 2.05) is 6.20 Å². The van der Waals surface area contributed by atoms with E-state index in [2.05, 4.69) is 18.0 Å². The van der Waals surface area contributed by atoms with Gasteiger partial charge in [-0.2, -0.15) is 0 Å². The molecule has 2 heterocycles. The summed E-state index contributed by atoms with van der Waals surface area (Å²) in [6, 6.07) is 2.11. The highest BCUT2D eigenvalue weighted by molar-refractivity contribution is 5.32. The minimum Gasteiger partial charge on any atom is -0.492 e. The summed E-state index contributed by atoms with van der Waals surface area (Å²) in [7, 11) is 0. The van der Waals surface area contributed by atoms with E-state index in [4.69, 9.17) is 4.74 Å². The SMILES string of the molecule is CCc1cnc2c(c1)OCCC2. The van der Waals surface area contributed by atoms with Crippen LogP contribution in [0.3, 0.4) is 0 Å². The second kappa shape index (κ2) is 3.13. The lowest BCUT2D eigenvalue weighted by Gasteiger charge is -2.16. The molecule has 2 rings (SSSR count). The van der Waals surface area contributed by atoms with E-state index in [1.165, 1.54) is 5.56 Å². The molecule has 0 aromatic carbocycles. The summed E-state index contributed by atoms with van der Waals surface area (Å²) in [5, 5.41) is 0. The van der Waals surface area contributed by atoms with Crippen LogP contribution < -0.4 is 4.74 Å². The molecule has 0 amide bonds. The second-order valence-corrected chi connectivity index (χ2v) is 3.09. The zero-order chi connectivity index (χ0) is 8.39. The van der Waals surface area contributed by atoms with Crippen molar-refractivity contribution in [1.29, 1.82) is 0 Å². The third-order valence-corrected chi connectivity index (χ3v) is 2.21. The smallest absolute Gasteiger partial charge is 0.141 e. The molecule has 1 aliphatic rings. The summed E-state index contributed by atoms with van der Waals surface area (Å²) >= 11 is 0. The van der Waals surface area contributed by atoms with Crippen LogP contribution in [0, 0.1) is 0 Å². The first-order chi connectivity index (χ1) is 5.90. The average Bonchev–Trinajstić information content (AvgIpc) is 2.17. The van der Waals surface area contributed by atoms with Gasteiger partial charge in [0.1, 0.15) is 5.75 Å². The highest BCUT2D eigenvalue weighted by Gasteiger charge is 2.10. The van der Waals surface area contributed by atoms with Crippen molar-refractivity contribution in [3.63, 3.8) is 0 Å². The van der Waals surface area contributed by atoms with E-state index in [0.29, 0.717) is 0 Å². The van der Waals surface area contributed by atoms with Crippen LogP contribution in [-0.2, 0) is 12.8 Å². The molecular weight excluding hydrogens is 150 g/mol. The van der Waals surface area contributed by atoms with Gasteiger partial charge in [-0.15, -0.1) is 0 Å². The Morgan fingerprint density at radius 3 is 3.33 bits per heavy atom. The fraction of sp³-hybridized carbons (Fsp3) is 0.500. The maximum absolute atomic E-state index is 5.50. The number of nitrogens with zero attached hydrogens (tertiary/aromatic N) is 1. The molecule has 1 aliphatic heterocycles. The maximum Gasteiger partial charge on any atom is 0.141 e. The number of rotatable bonds is 1. The number of aromatic nitrogens is 1. The Labute approximate surface area is 72.6 Å². The number of fused-ring (bicyclic) bond motifs is 1. The fourth-order valence-corrected chi connectivity index (χ4v) is 1.44. The molecule has 0 saturated carbocycles. The van der Waals surface area contributed by atoms with Crippen molar-refractivity contribution in [2.24, 2.45) is 0 Å². The Morgan fingerprint density at radius 2 is 2.50 bits per heavy atom. The van der Waals surface area contributed by atoms with Gasteiger partial charge in [-0.25, -0.2) is 0 Å². The highest BCUT2D eigenvalue weighted by atomic mass is 16.5. The molecule has 0 radical (unpaired) electrons. The molecule has 12 heavy (non-hydrogen) atoms. The Bertz CT molecular complexity index is 283. The van der Waals surface area contributed by atoms with Gasteiger partial charge in [0.25, 0.3) is 0 Å². The molecule has 1 aromatic rings. The molecule has 0 saturated heterocycles. The number of pyridine rings is 1. The van der Waals surface area contributed by atoms with Gasteiger partial charge in [0.05, 0.1) is 12.3 Å². The summed E-state index contributed by atoms with van der Waals surface area (Å²) in [4.78, 5) is 4.37. The minimum absolute atomic E-state index is 0.849. The second-order valence-electron chi connectivity index (χ2n) is 3.09. The standard InChI is InChI=1S/C10H13NO/c1-2-8-6-10-9(11-7-8)4-3-5-12-10/h6-7H,2-5H2,1H3. The van der Waals surface area contributed by atoms with Crippen LogP contribution in [-0.4, -0.2) is 11.6 Å². The highest BCUT2D eigenvalue weighted by Crippen LogP contribution is 2.23. The van der Waals surface area contributed by atoms with Gasteiger partial charge in [0.15, 0.2) is 0 Å². The Morgan fingerprint density at radius 1 is 1.58 bits per heavy atom. The van der Waals surface area contributed by atoms with Crippen LogP contribution >= 0.6 is 0 Å². The lowest BCUT2D eigenvalue weighted by molar-refractivity contribution is 0.284. The van der Waals surface area contributed by atoms with Crippen molar-refractivity contribution in [2.45, 2.75) is 26.2 Å².